The topological polar surface area (TPSA) is 65.0 Å². The third kappa shape index (κ3) is 3.14. The Hall–Kier alpha value is -0.820. The first-order valence-electron chi connectivity index (χ1n) is 6.26. The lowest BCUT2D eigenvalue weighted by atomic mass is 9.93. The Bertz CT molecular complexity index is 436. The molecule has 104 valence electrons. The molecule has 0 atom stereocenters. The van der Waals surface area contributed by atoms with Gasteiger partial charge < -0.3 is 10.2 Å². The number of nitrogens with one attached hydrogen (secondary N) is 1. The second kappa shape index (κ2) is 4.70. The number of aliphatic imine (C=N–C) groups is 1. The van der Waals surface area contributed by atoms with Crippen molar-refractivity contribution in [2.24, 2.45) is 10.4 Å². The number of rotatable bonds is 1. The number of guanidine groups is 1. The van der Waals surface area contributed by atoms with Gasteiger partial charge in [0.25, 0.3) is 0 Å². The summed E-state index contributed by atoms with van der Waals surface area (Å²) in [5, 5.41) is 3.34. The Morgan fingerprint density at radius 1 is 1.22 bits per heavy atom. The molecule has 0 aromatic heterocycles. The van der Waals surface area contributed by atoms with Crippen molar-refractivity contribution in [3.8, 4) is 0 Å². The van der Waals surface area contributed by atoms with E-state index in [0.29, 0.717) is 26.2 Å². The van der Waals surface area contributed by atoms with Crippen molar-refractivity contribution in [2.45, 2.75) is 13.8 Å². The molecule has 0 aliphatic carbocycles. The van der Waals surface area contributed by atoms with E-state index in [1.165, 1.54) is 10.6 Å². The Morgan fingerprint density at radius 3 is 2.28 bits per heavy atom. The van der Waals surface area contributed by atoms with Gasteiger partial charge in [0.1, 0.15) is 0 Å². The summed E-state index contributed by atoms with van der Waals surface area (Å²) < 4.78 is 24.4. The van der Waals surface area contributed by atoms with Gasteiger partial charge in [0.2, 0.25) is 10.0 Å². The fourth-order valence-electron chi connectivity index (χ4n) is 2.16. The van der Waals surface area contributed by atoms with Crippen LogP contribution in [0.3, 0.4) is 0 Å². The van der Waals surface area contributed by atoms with Gasteiger partial charge in [-0.2, -0.15) is 4.31 Å². The van der Waals surface area contributed by atoms with Crippen LogP contribution in [0.1, 0.15) is 13.8 Å². The van der Waals surface area contributed by atoms with E-state index in [2.05, 4.69) is 29.1 Å². The van der Waals surface area contributed by atoms with Gasteiger partial charge in [0.15, 0.2) is 5.96 Å². The summed E-state index contributed by atoms with van der Waals surface area (Å²) in [7, 11) is -3.05. The van der Waals surface area contributed by atoms with Crippen LogP contribution < -0.4 is 5.32 Å². The predicted octanol–water partition coefficient (Wildman–Crippen LogP) is -0.451. The third-order valence-corrected chi connectivity index (χ3v) is 4.69. The van der Waals surface area contributed by atoms with Gasteiger partial charge in [-0.3, -0.25) is 4.99 Å². The van der Waals surface area contributed by atoms with Crippen LogP contribution in [0.2, 0.25) is 0 Å². The maximum Gasteiger partial charge on any atom is 0.211 e. The van der Waals surface area contributed by atoms with Crippen LogP contribution in [-0.4, -0.2) is 69.1 Å². The molecule has 0 aromatic carbocycles. The van der Waals surface area contributed by atoms with Gasteiger partial charge in [-0.15, -0.1) is 0 Å². The predicted molar refractivity (Wildman–Crippen MR) is 72.1 cm³/mol. The first kappa shape index (κ1) is 13.6. The van der Waals surface area contributed by atoms with Gasteiger partial charge in [0.05, 0.1) is 6.26 Å². The highest BCUT2D eigenvalue weighted by atomic mass is 32.2. The van der Waals surface area contributed by atoms with Crippen LogP contribution in [0, 0.1) is 5.41 Å². The van der Waals surface area contributed by atoms with Gasteiger partial charge in [-0.25, -0.2) is 8.42 Å². The summed E-state index contributed by atoms with van der Waals surface area (Å²) in [4.78, 5) is 6.69. The van der Waals surface area contributed by atoms with Gasteiger partial charge in [0, 0.05) is 44.7 Å². The minimum absolute atomic E-state index is 0.206. The molecule has 2 aliphatic heterocycles. The highest BCUT2D eigenvalue weighted by Gasteiger charge is 2.28. The summed E-state index contributed by atoms with van der Waals surface area (Å²) in [5.41, 5.74) is 0.206. The van der Waals surface area contributed by atoms with E-state index in [0.717, 1.165) is 19.0 Å². The molecule has 0 aromatic rings. The molecular formula is C11H22N4O2S. The van der Waals surface area contributed by atoms with Gasteiger partial charge in [-0.1, -0.05) is 13.8 Å². The summed E-state index contributed by atoms with van der Waals surface area (Å²) in [6.45, 7) is 8.61. The second-order valence-corrected chi connectivity index (χ2v) is 7.79. The van der Waals surface area contributed by atoms with E-state index in [1.807, 2.05) is 0 Å². The molecule has 0 saturated carbocycles. The number of piperazine rings is 1. The van der Waals surface area contributed by atoms with E-state index in [9.17, 15) is 8.42 Å². The summed E-state index contributed by atoms with van der Waals surface area (Å²) in [6.07, 6.45) is 1.27. The van der Waals surface area contributed by atoms with E-state index in [4.69, 9.17) is 0 Å². The molecule has 1 N–H and O–H groups in total. The highest BCUT2D eigenvalue weighted by molar-refractivity contribution is 7.88. The zero-order chi connectivity index (χ0) is 13.4. The Balaban J connectivity index is 1.93. The molecule has 2 aliphatic rings. The molecule has 2 rings (SSSR count). The second-order valence-electron chi connectivity index (χ2n) is 5.81. The molecule has 0 spiro atoms. The van der Waals surface area contributed by atoms with Gasteiger partial charge >= 0.3 is 0 Å². The van der Waals surface area contributed by atoms with Crippen LogP contribution in [0.4, 0.5) is 0 Å². The highest BCUT2D eigenvalue weighted by Crippen LogP contribution is 2.18. The molecule has 0 bridgehead atoms. The standard InChI is InChI=1S/C11H22N4O2S/c1-11(2)8-12-10(13-9-11)14-4-6-15(7-5-14)18(3,16)17/h4-9H2,1-3H3,(H,12,13). The number of hydrogen-bond donors (Lipinski definition) is 1. The average Bonchev–Trinajstić information content (AvgIpc) is 2.28. The largest absolute Gasteiger partial charge is 0.356 e. The summed E-state index contributed by atoms with van der Waals surface area (Å²) in [6, 6.07) is 0. The Labute approximate surface area is 109 Å². The molecular weight excluding hydrogens is 252 g/mol. The van der Waals surface area contributed by atoms with E-state index in [1.54, 1.807) is 0 Å². The Kier molecular flexibility index (Phi) is 3.55. The van der Waals surface area contributed by atoms with Crippen LogP contribution in [0.25, 0.3) is 0 Å². The zero-order valence-corrected chi connectivity index (χ0v) is 12.1. The van der Waals surface area contributed by atoms with Gasteiger partial charge in [-0.05, 0) is 0 Å². The summed E-state index contributed by atoms with van der Waals surface area (Å²) in [5.74, 6) is 0.919. The molecule has 1 saturated heterocycles. The third-order valence-electron chi connectivity index (χ3n) is 3.39. The SMILES string of the molecule is CC1(C)CN=C(N2CCN(S(C)(=O)=O)CC2)NC1. The molecule has 0 unspecified atom stereocenters. The minimum atomic E-state index is -3.05. The Morgan fingerprint density at radius 2 is 1.83 bits per heavy atom. The van der Waals surface area contributed by atoms with Crippen molar-refractivity contribution in [2.75, 3.05) is 45.5 Å². The maximum atomic E-state index is 11.4. The lowest BCUT2D eigenvalue weighted by Crippen LogP contribution is -2.56. The van der Waals surface area contributed by atoms with Crippen LogP contribution in [0.5, 0.6) is 0 Å². The first-order chi connectivity index (χ1) is 8.28. The molecule has 6 nitrogen and oxygen atoms in total. The molecule has 0 radical (unpaired) electrons. The fraction of sp³-hybridized carbons (Fsp3) is 0.909. The van der Waals surface area contributed by atoms with E-state index < -0.39 is 10.0 Å². The minimum Gasteiger partial charge on any atom is -0.356 e. The van der Waals surface area contributed by atoms with Crippen LogP contribution in [0.15, 0.2) is 4.99 Å². The molecule has 1 fully saturated rings. The number of nitrogens with zero attached hydrogens (tertiary/aromatic N) is 3. The molecule has 0 amide bonds. The quantitative estimate of drug-likeness (QED) is 0.703. The van der Waals surface area contributed by atoms with Crippen molar-refractivity contribution in [3.05, 3.63) is 0 Å². The monoisotopic (exact) mass is 274 g/mol. The molecule has 2 heterocycles. The van der Waals surface area contributed by atoms with Crippen molar-refractivity contribution in [1.82, 2.24) is 14.5 Å². The van der Waals surface area contributed by atoms with E-state index >= 15 is 0 Å². The smallest absolute Gasteiger partial charge is 0.211 e. The lowest BCUT2D eigenvalue weighted by Gasteiger charge is -2.38. The number of sulfonamides is 1. The number of hydrogen-bond acceptors (Lipinski definition) is 5. The normalized spacial score (nSPS) is 25.5. The van der Waals surface area contributed by atoms with Crippen molar-refractivity contribution >= 4 is 16.0 Å². The average molecular weight is 274 g/mol. The zero-order valence-electron chi connectivity index (χ0n) is 11.3. The van der Waals surface area contributed by atoms with E-state index in [-0.39, 0.29) is 5.41 Å². The van der Waals surface area contributed by atoms with Crippen LogP contribution >= 0.6 is 0 Å². The maximum absolute atomic E-state index is 11.4. The fourth-order valence-corrected chi connectivity index (χ4v) is 2.99. The lowest BCUT2D eigenvalue weighted by molar-refractivity contribution is 0.250. The molecule has 7 heteroatoms. The van der Waals surface area contributed by atoms with Crippen molar-refractivity contribution < 1.29 is 8.42 Å². The molecule has 18 heavy (non-hydrogen) atoms. The van der Waals surface area contributed by atoms with Crippen molar-refractivity contribution in [1.29, 1.82) is 0 Å². The van der Waals surface area contributed by atoms with Crippen molar-refractivity contribution in [3.63, 3.8) is 0 Å². The first-order valence-corrected chi connectivity index (χ1v) is 8.11. The summed E-state index contributed by atoms with van der Waals surface area (Å²) >= 11 is 0. The van der Waals surface area contributed by atoms with Crippen LogP contribution in [-0.2, 0) is 10.0 Å².